The van der Waals surface area contributed by atoms with Crippen molar-refractivity contribution >= 4 is 0 Å². The topological polar surface area (TPSA) is 19.7 Å². The largest absolute Gasteiger partial charge is 0.257 e. The van der Waals surface area contributed by atoms with E-state index < -0.39 is 0 Å². The second kappa shape index (κ2) is 19.7. The van der Waals surface area contributed by atoms with E-state index in [9.17, 15) is 0 Å². The number of benzene rings is 1. The molecule has 0 aliphatic rings. The summed E-state index contributed by atoms with van der Waals surface area (Å²) in [5.74, 6) is 2.18. The summed E-state index contributed by atoms with van der Waals surface area (Å²) >= 11 is 0. The summed E-state index contributed by atoms with van der Waals surface area (Å²) in [7, 11) is 0. The van der Waals surface area contributed by atoms with Crippen LogP contribution in [0.15, 0.2) is 42.7 Å². The number of nitrogens with one attached hydrogen (secondary N) is 1. The molecule has 1 atom stereocenters. The van der Waals surface area contributed by atoms with Gasteiger partial charge in [0.25, 0.3) is 5.82 Å². The van der Waals surface area contributed by atoms with Crippen molar-refractivity contribution in [2.45, 2.75) is 148 Å². The smallest absolute Gasteiger partial charge is 0.247 e. The van der Waals surface area contributed by atoms with Crippen molar-refractivity contribution in [1.82, 2.24) is 4.98 Å². The monoisotopic (exact) mass is 467 g/mol. The van der Waals surface area contributed by atoms with Crippen LogP contribution in [0.25, 0.3) is 0 Å². The maximum atomic E-state index is 3.66. The highest BCUT2D eigenvalue weighted by Crippen LogP contribution is 2.26. The molecule has 34 heavy (non-hydrogen) atoms. The van der Waals surface area contributed by atoms with Crippen molar-refractivity contribution in [2.24, 2.45) is 0 Å². The molecular weight excluding hydrogens is 412 g/mol. The molecule has 2 heteroatoms. The van der Waals surface area contributed by atoms with Gasteiger partial charge in [0.1, 0.15) is 12.4 Å². The number of nitrogens with zero attached hydrogens (tertiary/aromatic N) is 1. The molecule has 0 aliphatic heterocycles. The molecule has 0 aliphatic carbocycles. The molecular formula is C32H55N2+. The number of aromatic amines is 1. The molecule has 2 rings (SSSR count). The van der Waals surface area contributed by atoms with Gasteiger partial charge in [0.2, 0.25) is 0 Å². The molecule has 2 nitrogen and oxygen atoms in total. The van der Waals surface area contributed by atoms with E-state index in [1.165, 1.54) is 133 Å². The van der Waals surface area contributed by atoms with E-state index in [2.05, 4.69) is 66.1 Å². The Balaban J connectivity index is 1.79. The third kappa shape index (κ3) is 12.8. The van der Waals surface area contributed by atoms with Crippen LogP contribution in [-0.2, 0) is 13.0 Å². The first-order chi connectivity index (χ1) is 16.8. The van der Waals surface area contributed by atoms with Crippen molar-refractivity contribution < 1.29 is 4.57 Å². The fraction of sp³-hybridized carbons (Fsp3) is 0.719. The Morgan fingerprint density at radius 3 is 1.74 bits per heavy atom. The van der Waals surface area contributed by atoms with E-state index in [0.29, 0.717) is 5.92 Å². The van der Waals surface area contributed by atoms with Gasteiger partial charge in [-0.05, 0) is 31.2 Å². The first-order valence-electron chi connectivity index (χ1n) is 15.0. The van der Waals surface area contributed by atoms with Crippen LogP contribution in [0.2, 0.25) is 0 Å². The van der Waals surface area contributed by atoms with Gasteiger partial charge in [-0.15, -0.1) is 0 Å². The maximum Gasteiger partial charge on any atom is 0.257 e. The minimum Gasteiger partial charge on any atom is -0.247 e. The molecule has 0 spiro atoms. The quantitative estimate of drug-likeness (QED) is 0.131. The second-order valence-corrected chi connectivity index (χ2v) is 10.5. The number of aryl methyl sites for hydroxylation is 2. The SMILES string of the molecule is CCCCCCCCCC[C@H](CCCCCCCCC)c1[nH]cc[n+]1CCCc1ccccc1. The summed E-state index contributed by atoms with van der Waals surface area (Å²) in [6, 6.07) is 10.9. The van der Waals surface area contributed by atoms with Gasteiger partial charge in [-0.25, -0.2) is 9.55 Å². The number of unbranched alkanes of at least 4 members (excludes halogenated alkanes) is 13. The molecule has 0 bridgehead atoms. The van der Waals surface area contributed by atoms with Crippen LogP contribution in [-0.4, -0.2) is 4.98 Å². The summed E-state index contributed by atoms with van der Waals surface area (Å²) in [5, 5.41) is 0. The van der Waals surface area contributed by atoms with Crippen LogP contribution in [0.3, 0.4) is 0 Å². The van der Waals surface area contributed by atoms with Crippen LogP contribution in [0.5, 0.6) is 0 Å². The molecule has 1 aromatic heterocycles. The molecule has 0 unspecified atom stereocenters. The Morgan fingerprint density at radius 2 is 1.18 bits per heavy atom. The fourth-order valence-corrected chi connectivity index (χ4v) is 5.31. The zero-order valence-corrected chi connectivity index (χ0v) is 22.7. The molecule has 1 N–H and O–H groups in total. The van der Waals surface area contributed by atoms with E-state index in [1.54, 1.807) is 0 Å². The molecule has 1 aromatic carbocycles. The molecule has 192 valence electrons. The van der Waals surface area contributed by atoms with Gasteiger partial charge in [0.05, 0.1) is 12.5 Å². The Morgan fingerprint density at radius 1 is 0.647 bits per heavy atom. The molecule has 0 fully saturated rings. The highest BCUT2D eigenvalue weighted by molar-refractivity contribution is 5.14. The van der Waals surface area contributed by atoms with E-state index >= 15 is 0 Å². The number of rotatable bonds is 22. The fourth-order valence-electron chi connectivity index (χ4n) is 5.31. The van der Waals surface area contributed by atoms with Gasteiger partial charge in [0.15, 0.2) is 0 Å². The van der Waals surface area contributed by atoms with Gasteiger partial charge in [-0.3, -0.25) is 0 Å². The Kier molecular flexibility index (Phi) is 16.6. The van der Waals surface area contributed by atoms with Crippen LogP contribution in [0.4, 0.5) is 0 Å². The number of H-pyrrole nitrogens is 1. The van der Waals surface area contributed by atoms with E-state index in [1.807, 2.05) is 0 Å². The first kappa shape index (κ1) is 28.7. The van der Waals surface area contributed by atoms with Gasteiger partial charge < -0.3 is 0 Å². The van der Waals surface area contributed by atoms with Gasteiger partial charge in [-0.1, -0.05) is 140 Å². The van der Waals surface area contributed by atoms with Crippen molar-refractivity contribution in [2.75, 3.05) is 0 Å². The third-order valence-corrected chi connectivity index (χ3v) is 7.45. The molecule has 0 saturated heterocycles. The molecule has 0 amide bonds. The normalized spacial score (nSPS) is 12.3. The number of imidazole rings is 1. The Bertz CT molecular complexity index is 690. The van der Waals surface area contributed by atoms with Crippen LogP contribution in [0.1, 0.15) is 147 Å². The predicted octanol–water partition coefficient (Wildman–Crippen LogP) is 9.69. The average molecular weight is 468 g/mol. The number of hydrogen-bond acceptors (Lipinski definition) is 0. The lowest BCUT2D eigenvalue weighted by Crippen LogP contribution is -2.37. The highest BCUT2D eigenvalue weighted by atomic mass is 15.1. The lowest BCUT2D eigenvalue weighted by atomic mass is 9.93. The molecule has 1 heterocycles. The van der Waals surface area contributed by atoms with E-state index in [-0.39, 0.29) is 0 Å². The van der Waals surface area contributed by atoms with Crippen LogP contribution < -0.4 is 4.57 Å². The summed E-state index contributed by atoms with van der Waals surface area (Å²) in [4.78, 5) is 3.66. The molecule has 0 saturated carbocycles. The molecule has 0 radical (unpaired) electrons. The predicted molar refractivity (Wildman–Crippen MR) is 148 cm³/mol. The van der Waals surface area contributed by atoms with E-state index in [0.717, 1.165) is 6.54 Å². The standard InChI is InChI=1S/C32H54N2/c1-3-5-7-9-11-13-15-20-26-31(25-19-14-12-10-8-6-4-2)32-33-27-29-34(32)28-21-24-30-22-17-16-18-23-30/h16-18,22-23,27,29,31H,3-15,19-21,24-26,28H2,1-2H3/p+1/t31-/m0/s1. The highest BCUT2D eigenvalue weighted by Gasteiger charge is 2.22. The number of aromatic nitrogens is 2. The summed E-state index contributed by atoms with van der Waals surface area (Å²) in [6.45, 7) is 5.74. The van der Waals surface area contributed by atoms with Crippen molar-refractivity contribution in [3.8, 4) is 0 Å². The minimum atomic E-state index is 0.697. The molecule has 2 aromatic rings. The zero-order chi connectivity index (χ0) is 24.1. The lowest BCUT2D eigenvalue weighted by molar-refractivity contribution is -0.704. The van der Waals surface area contributed by atoms with Crippen LogP contribution >= 0.6 is 0 Å². The van der Waals surface area contributed by atoms with Crippen molar-refractivity contribution in [3.63, 3.8) is 0 Å². The zero-order valence-electron chi connectivity index (χ0n) is 22.7. The van der Waals surface area contributed by atoms with Crippen LogP contribution in [0, 0.1) is 0 Å². The van der Waals surface area contributed by atoms with Gasteiger partial charge >= 0.3 is 0 Å². The summed E-state index contributed by atoms with van der Waals surface area (Å²) < 4.78 is 2.53. The van der Waals surface area contributed by atoms with Crippen molar-refractivity contribution in [3.05, 3.63) is 54.1 Å². The van der Waals surface area contributed by atoms with Gasteiger partial charge in [-0.2, -0.15) is 0 Å². The Hall–Kier alpha value is -1.57. The second-order valence-electron chi connectivity index (χ2n) is 10.5. The van der Waals surface area contributed by atoms with Crippen molar-refractivity contribution in [1.29, 1.82) is 0 Å². The minimum absolute atomic E-state index is 0.697. The maximum absolute atomic E-state index is 3.66. The summed E-state index contributed by atoms with van der Waals surface area (Å²) in [5.41, 5.74) is 1.46. The first-order valence-corrected chi connectivity index (χ1v) is 15.0. The summed E-state index contributed by atoms with van der Waals surface area (Å²) in [6.07, 6.45) is 30.7. The average Bonchev–Trinajstić information content (AvgIpc) is 3.33. The number of hydrogen-bond donors (Lipinski definition) is 1. The van der Waals surface area contributed by atoms with Gasteiger partial charge in [0, 0.05) is 0 Å². The lowest BCUT2D eigenvalue weighted by Gasteiger charge is -2.14. The Labute approximate surface area is 212 Å². The van der Waals surface area contributed by atoms with E-state index in [4.69, 9.17) is 0 Å². The third-order valence-electron chi connectivity index (χ3n) is 7.45.